The lowest BCUT2D eigenvalue weighted by Gasteiger charge is -2.31. The third-order valence-corrected chi connectivity index (χ3v) is 4.07. The molecule has 0 amide bonds. The van der Waals surface area contributed by atoms with Crippen molar-refractivity contribution in [2.45, 2.75) is 18.9 Å². The monoisotopic (exact) mass is 273 g/mol. The maximum atomic E-state index is 6.02. The second-order valence-corrected chi connectivity index (χ2v) is 5.29. The van der Waals surface area contributed by atoms with Crippen molar-refractivity contribution in [3.8, 4) is 0 Å². The zero-order valence-corrected chi connectivity index (χ0v) is 11.4. The lowest BCUT2D eigenvalue weighted by molar-refractivity contribution is 0.0342. The van der Waals surface area contributed by atoms with Crippen molar-refractivity contribution in [1.82, 2.24) is 5.32 Å². The van der Waals surface area contributed by atoms with Crippen molar-refractivity contribution in [2.75, 3.05) is 20.3 Å². The minimum Gasteiger partial charge on any atom is -0.381 e. The molecule has 2 atom stereocenters. The molecule has 0 spiro atoms. The number of benzene rings is 1. The van der Waals surface area contributed by atoms with Crippen LogP contribution in [0.15, 0.2) is 18.2 Å². The van der Waals surface area contributed by atoms with Crippen LogP contribution in [0.5, 0.6) is 0 Å². The summed E-state index contributed by atoms with van der Waals surface area (Å²) in [6.45, 7) is 1.66. The fourth-order valence-corrected chi connectivity index (χ4v) is 2.67. The standard InChI is InChI=1S/C13H17Cl2NO/c1-16-13-4-5-17-8-10(13)6-9-2-3-11(14)12(15)7-9/h2-3,7,10,13,16H,4-6,8H2,1H3/t10-,13-/m0/s1. The molecule has 1 fully saturated rings. The lowest BCUT2D eigenvalue weighted by Crippen LogP contribution is -2.41. The largest absolute Gasteiger partial charge is 0.381 e. The van der Waals surface area contributed by atoms with Crippen molar-refractivity contribution in [3.05, 3.63) is 33.8 Å². The van der Waals surface area contributed by atoms with Crippen molar-refractivity contribution < 1.29 is 4.74 Å². The first-order chi connectivity index (χ1) is 8.20. The number of nitrogens with one attached hydrogen (secondary N) is 1. The van der Waals surface area contributed by atoms with Crippen LogP contribution in [0.3, 0.4) is 0 Å². The average molecular weight is 274 g/mol. The van der Waals surface area contributed by atoms with Gasteiger partial charge in [0.1, 0.15) is 0 Å². The predicted molar refractivity (Wildman–Crippen MR) is 71.9 cm³/mol. The normalized spacial score (nSPS) is 24.9. The van der Waals surface area contributed by atoms with Crippen LogP contribution >= 0.6 is 23.2 Å². The molecule has 1 heterocycles. The molecule has 1 N–H and O–H groups in total. The highest BCUT2D eigenvalue weighted by atomic mass is 35.5. The molecule has 1 aliphatic heterocycles. The second kappa shape index (κ2) is 6.05. The van der Waals surface area contributed by atoms with E-state index in [4.69, 9.17) is 27.9 Å². The fraction of sp³-hybridized carbons (Fsp3) is 0.538. The second-order valence-electron chi connectivity index (χ2n) is 4.47. The van der Waals surface area contributed by atoms with Crippen molar-refractivity contribution >= 4 is 23.2 Å². The first kappa shape index (κ1) is 13.2. The van der Waals surface area contributed by atoms with Gasteiger partial charge in [0.05, 0.1) is 16.7 Å². The Hall–Kier alpha value is -0.280. The van der Waals surface area contributed by atoms with Gasteiger partial charge in [-0.1, -0.05) is 29.3 Å². The third kappa shape index (κ3) is 3.35. The lowest BCUT2D eigenvalue weighted by atomic mass is 9.89. The van der Waals surface area contributed by atoms with Gasteiger partial charge in [-0.15, -0.1) is 0 Å². The Morgan fingerprint density at radius 3 is 2.88 bits per heavy atom. The topological polar surface area (TPSA) is 21.3 Å². The van der Waals surface area contributed by atoms with Gasteiger partial charge in [-0.25, -0.2) is 0 Å². The molecular formula is C13H17Cl2NO. The van der Waals surface area contributed by atoms with Crippen LogP contribution in [0.2, 0.25) is 10.0 Å². The van der Waals surface area contributed by atoms with Crippen LogP contribution < -0.4 is 5.32 Å². The van der Waals surface area contributed by atoms with E-state index in [-0.39, 0.29) is 0 Å². The zero-order valence-electron chi connectivity index (χ0n) is 9.88. The van der Waals surface area contributed by atoms with Crippen molar-refractivity contribution in [1.29, 1.82) is 0 Å². The first-order valence-electron chi connectivity index (χ1n) is 5.89. The first-order valence-corrected chi connectivity index (χ1v) is 6.65. The summed E-state index contributed by atoms with van der Waals surface area (Å²) in [6, 6.07) is 6.37. The summed E-state index contributed by atoms with van der Waals surface area (Å²) in [5.74, 6) is 0.506. The van der Waals surface area contributed by atoms with Gasteiger partial charge in [-0.3, -0.25) is 0 Å². The fourth-order valence-electron chi connectivity index (χ4n) is 2.35. The smallest absolute Gasteiger partial charge is 0.0595 e. The molecule has 0 aliphatic carbocycles. The van der Waals surface area contributed by atoms with E-state index in [1.807, 2.05) is 25.2 Å². The zero-order chi connectivity index (χ0) is 12.3. The minimum atomic E-state index is 0.506. The molecule has 0 saturated carbocycles. The Labute approximate surface area is 112 Å². The third-order valence-electron chi connectivity index (χ3n) is 3.33. The van der Waals surface area contributed by atoms with E-state index in [9.17, 15) is 0 Å². The number of rotatable bonds is 3. The van der Waals surface area contributed by atoms with Crippen LogP contribution in [0.1, 0.15) is 12.0 Å². The molecule has 0 radical (unpaired) electrons. The Morgan fingerprint density at radius 1 is 1.35 bits per heavy atom. The van der Waals surface area contributed by atoms with E-state index >= 15 is 0 Å². The highest BCUT2D eigenvalue weighted by Crippen LogP contribution is 2.26. The van der Waals surface area contributed by atoms with Gasteiger partial charge in [0.25, 0.3) is 0 Å². The summed E-state index contributed by atoms with van der Waals surface area (Å²) in [7, 11) is 2.01. The van der Waals surface area contributed by atoms with Gasteiger partial charge in [-0.05, 0) is 37.6 Å². The van der Waals surface area contributed by atoms with Gasteiger partial charge in [0, 0.05) is 18.6 Å². The van der Waals surface area contributed by atoms with E-state index < -0.39 is 0 Å². The highest BCUT2D eigenvalue weighted by molar-refractivity contribution is 6.42. The number of hydrogen-bond donors (Lipinski definition) is 1. The van der Waals surface area contributed by atoms with E-state index in [1.165, 1.54) is 5.56 Å². The number of hydrogen-bond acceptors (Lipinski definition) is 2. The Bertz CT molecular complexity index is 384. The maximum Gasteiger partial charge on any atom is 0.0595 e. The Balaban J connectivity index is 2.05. The molecule has 0 unspecified atom stereocenters. The summed E-state index contributed by atoms with van der Waals surface area (Å²) in [5.41, 5.74) is 1.22. The van der Waals surface area contributed by atoms with Gasteiger partial charge in [0.2, 0.25) is 0 Å². The van der Waals surface area contributed by atoms with E-state index in [0.717, 1.165) is 26.1 Å². The maximum absolute atomic E-state index is 6.02. The molecule has 2 nitrogen and oxygen atoms in total. The SMILES string of the molecule is CN[C@H]1CCOC[C@@H]1Cc1ccc(Cl)c(Cl)c1. The Morgan fingerprint density at radius 2 is 2.18 bits per heavy atom. The molecule has 1 aromatic carbocycles. The summed E-state index contributed by atoms with van der Waals surface area (Å²) >= 11 is 11.9. The Kier molecular flexibility index (Phi) is 4.69. The molecule has 4 heteroatoms. The molecule has 2 rings (SSSR count). The van der Waals surface area contributed by atoms with Crippen LogP contribution in [0.25, 0.3) is 0 Å². The van der Waals surface area contributed by atoms with Crippen molar-refractivity contribution in [2.24, 2.45) is 5.92 Å². The van der Waals surface area contributed by atoms with Crippen LogP contribution in [0.4, 0.5) is 0 Å². The molecule has 1 aliphatic rings. The molecule has 1 aromatic rings. The molecular weight excluding hydrogens is 257 g/mol. The molecule has 94 valence electrons. The average Bonchev–Trinajstić information content (AvgIpc) is 2.34. The van der Waals surface area contributed by atoms with E-state index in [1.54, 1.807) is 0 Å². The minimum absolute atomic E-state index is 0.506. The van der Waals surface area contributed by atoms with Gasteiger partial charge < -0.3 is 10.1 Å². The van der Waals surface area contributed by atoms with Crippen LogP contribution in [0, 0.1) is 5.92 Å². The molecule has 17 heavy (non-hydrogen) atoms. The molecule has 1 saturated heterocycles. The van der Waals surface area contributed by atoms with Crippen LogP contribution in [-0.2, 0) is 11.2 Å². The summed E-state index contributed by atoms with van der Waals surface area (Å²) in [5, 5.41) is 4.60. The number of halogens is 2. The van der Waals surface area contributed by atoms with Crippen molar-refractivity contribution in [3.63, 3.8) is 0 Å². The summed E-state index contributed by atoms with van der Waals surface area (Å²) < 4.78 is 5.54. The van der Waals surface area contributed by atoms with Gasteiger partial charge in [-0.2, -0.15) is 0 Å². The van der Waals surface area contributed by atoms with Gasteiger partial charge >= 0.3 is 0 Å². The van der Waals surface area contributed by atoms with E-state index in [2.05, 4.69) is 5.32 Å². The highest BCUT2D eigenvalue weighted by Gasteiger charge is 2.24. The number of ether oxygens (including phenoxy) is 1. The van der Waals surface area contributed by atoms with Gasteiger partial charge in [0.15, 0.2) is 0 Å². The predicted octanol–water partition coefficient (Wildman–Crippen LogP) is 3.16. The quantitative estimate of drug-likeness (QED) is 0.914. The summed E-state index contributed by atoms with van der Waals surface area (Å²) in [4.78, 5) is 0. The molecule has 0 aromatic heterocycles. The summed E-state index contributed by atoms with van der Waals surface area (Å²) in [6.07, 6.45) is 2.05. The van der Waals surface area contributed by atoms with Crippen LogP contribution in [-0.4, -0.2) is 26.3 Å². The van der Waals surface area contributed by atoms with E-state index in [0.29, 0.717) is 22.0 Å². The molecule has 0 bridgehead atoms.